The highest BCUT2D eigenvalue weighted by Crippen LogP contribution is 2.36. The van der Waals surface area contributed by atoms with Gasteiger partial charge in [-0.25, -0.2) is 0 Å². The lowest BCUT2D eigenvalue weighted by Crippen LogP contribution is -2.21. The summed E-state index contributed by atoms with van der Waals surface area (Å²) >= 11 is 0. The molecule has 0 spiro atoms. The molecule has 0 aliphatic heterocycles. The molecule has 156 valence electrons. The van der Waals surface area contributed by atoms with Crippen LogP contribution in [-0.4, -0.2) is 19.7 Å². The van der Waals surface area contributed by atoms with Crippen molar-refractivity contribution in [3.05, 3.63) is 82.3 Å². The maximum absolute atomic E-state index is 13.6. The lowest BCUT2D eigenvalue weighted by Gasteiger charge is -2.14. The minimum atomic E-state index is -0.222. The fourth-order valence-electron chi connectivity index (χ4n) is 4.37. The van der Waals surface area contributed by atoms with Gasteiger partial charge in [0.15, 0.2) is 0 Å². The number of rotatable bonds is 4. The van der Waals surface area contributed by atoms with Gasteiger partial charge in [-0.2, -0.15) is 9.61 Å². The molecule has 0 saturated carbocycles. The van der Waals surface area contributed by atoms with Gasteiger partial charge in [0.1, 0.15) is 17.1 Å². The molecule has 0 unspecified atom stereocenters. The third-order valence-electron chi connectivity index (χ3n) is 5.88. The number of aromatic hydroxyl groups is 1. The predicted octanol–water partition coefficient (Wildman–Crippen LogP) is 4.48. The van der Waals surface area contributed by atoms with Crippen LogP contribution in [0.1, 0.15) is 36.9 Å². The third kappa shape index (κ3) is 3.35. The third-order valence-corrected chi connectivity index (χ3v) is 5.88. The average molecular weight is 412 g/mol. The van der Waals surface area contributed by atoms with E-state index >= 15 is 0 Å². The number of benzene rings is 2. The van der Waals surface area contributed by atoms with Crippen LogP contribution in [0.15, 0.2) is 65.5 Å². The zero-order valence-electron chi connectivity index (χ0n) is 17.1. The molecule has 2 aromatic heterocycles. The van der Waals surface area contributed by atoms with Crippen LogP contribution in [0.3, 0.4) is 0 Å². The van der Waals surface area contributed by atoms with Gasteiger partial charge in [-0.15, -0.1) is 0 Å². The van der Waals surface area contributed by atoms with Gasteiger partial charge in [-0.1, -0.05) is 48.5 Å². The zero-order valence-corrected chi connectivity index (χ0v) is 17.1. The zero-order chi connectivity index (χ0) is 21.4. The van der Waals surface area contributed by atoms with E-state index in [4.69, 9.17) is 10.8 Å². The van der Waals surface area contributed by atoms with Crippen LogP contribution in [-0.2, 0) is 6.54 Å². The van der Waals surface area contributed by atoms with Gasteiger partial charge in [0.25, 0.3) is 5.56 Å². The number of fused-ring (bicyclic) bond motifs is 1. The number of aromatic amines is 1. The molecular weight excluding hydrogens is 388 g/mol. The van der Waals surface area contributed by atoms with Crippen molar-refractivity contribution in [1.29, 1.82) is 0 Å². The first-order valence-corrected chi connectivity index (χ1v) is 10.6. The fourth-order valence-corrected chi connectivity index (χ4v) is 4.37. The van der Waals surface area contributed by atoms with E-state index in [-0.39, 0.29) is 17.9 Å². The molecule has 0 bridgehead atoms. The molecule has 6 nitrogen and oxygen atoms in total. The molecule has 0 amide bonds. The van der Waals surface area contributed by atoms with Crippen LogP contribution < -0.4 is 11.3 Å². The average Bonchev–Trinajstić information content (AvgIpc) is 3.21. The van der Waals surface area contributed by atoms with Gasteiger partial charge in [-0.3, -0.25) is 4.79 Å². The number of hydrogen-bond acceptors (Lipinski definition) is 4. The predicted molar refractivity (Wildman–Crippen MR) is 123 cm³/mol. The number of nitrogens with two attached hydrogens (primary N) is 1. The monoisotopic (exact) mass is 412 g/mol. The number of phenolic OH excluding ortho intramolecular Hbond substituents is 1. The van der Waals surface area contributed by atoms with Crippen molar-refractivity contribution in [2.75, 3.05) is 0 Å². The Kier molecular flexibility index (Phi) is 4.92. The Morgan fingerprint density at radius 2 is 1.77 bits per heavy atom. The van der Waals surface area contributed by atoms with Crippen molar-refractivity contribution in [2.45, 2.75) is 32.2 Å². The van der Waals surface area contributed by atoms with Crippen molar-refractivity contribution in [2.24, 2.45) is 5.73 Å². The number of nitrogens with one attached hydrogen (secondary N) is 1. The lowest BCUT2D eigenvalue weighted by atomic mass is 9.92. The number of aromatic nitrogens is 3. The Hall–Kier alpha value is -3.64. The Morgan fingerprint density at radius 1 is 1.00 bits per heavy atom. The van der Waals surface area contributed by atoms with E-state index in [9.17, 15) is 9.90 Å². The van der Waals surface area contributed by atoms with E-state index in [1.807, 2.05) is 30.3 Å². The molecule has 0 radical (unpaired) electrons. The van der Waals surface area contributed by atoms with E-state index in [0.717, 1.165) is 36.1 Å². The molecule has 6 heteroatoms. The summed E-state index contributed by atoms with van der Waals surface area (Å²) < 4.78 is 1.47. The van der Waals surface area contributed by atoms with Crippen molar-refractivity contribution in [1.82, 2.24) is 14.6 Å². The molecule has 0 saturated heterocycles. The normalized spacial score (nSPS) is 14.0. The standard InChI is InChI=1S/C25H24N4O2/c26-15-20-21(17-11-13-19(30)14-12-17)25(31)29-24(27-20)22(16-7-3-1-4-8-16)23(28-29)18-9-5-2-6-10-18/h2,5-7,9-14,27,30H,1,3-4,8,15,26H2. The van der Waals surface area contributed by atoms with Gasteiger partial charge in [0.05, 0.1) is 5.56 Å². The maximum atomic E-state index is 13.6. The Bertz CT molecular complexity index is 1330. The van der Waals surface area contributed by atoms with E-state index in [1.165, 1.54) is 16.5 Å². The van der Waals surface area contributed by atoms with Crippen molar-refractivity contribution in [3.63, 3.8) is 0 Å². The topological polar surface area (TPSA) is 96.4 Å². The molecule has 1 aliphatic carbocycles. The lowest BCUT2D eigenvalue weighted by molar-refractivity contribution is 0.475. The summed E-state index contributed by atoms with van der Waals surface area (Å²) in [5.74, 6) is 0.146. The maximum Gasteiger partial charge on any atom is 0.282 e. The molecule has 31 heavy (non-hydrogen) atoms. The van der Waals surface area contributed by atoms with Crippen LogP contribution in [0, 0.1) is 0 Å². The molecule has 4 N–H and O–H groups in total. The first kappa shape index (κ1) is 19.3. The fraction of sp³-hybridized carbons (Fsp3) is 0.200. The second kappa shape index (κ2) is 7.89. The van der Waals surface area contributed by atoms with Gasteiger partial charge < -0.3 is 15.8 Å². The van der Waals surface area contributed by atoms with Crippen molar-refractivity contribution >= 4 is 11.2 Å². The van der Waals surface area contributed by atoms with Crippen LogP contribution in [0.2, 0.25) is 0 Å². The number of allylic oxidation sites excluding steroid dienone is 2. The van der Waals surface area contributed by atoms with Crippen molar-refractivity contribution in [3.8, 4) is 28.1 Å². The highest BCUT2D eigenvalue weighted by atomic mass is 16.3. The first-order chi connectivity index (χ1) is 15.2. The summed E-state index contributed by atoms with van der Waals surface area (Å²) in [5, 5.41) is 14.4. The van der Waals surface area contributed by atoms with Crippen molar-refractivity contribution < 1.29 is 5.11 Å². The highest BCUT2D eigenvalue weighted by Gasteiger charge is 2.23. The number of nitrogens with zero attached hydrogens (tertiary/aromatic N) is 2. The SMILES string of the molecule is NCc1[nH]c2c(C3=CCCCC3)c(-c3ccccc3)nn2c(=O)c1-c1ccc(O)cc1. The summed E-state index contributed by atoms with van der Waals surface area (Å²) in [5.41, 5.74) is 12.3. The number of hydrogen-bond donors (Lipinski definition) is 3. The molecule has 1 aliphatic rings. The number of phenols is 1. The van der Waals surface area contributed by atoms with Crippen LogP contribution in [0.4, 0.5) is 0 Å². The minimum absolute atomic E-state index is 0.146. The molecule has 0 fully saturated rings. The van der Waals surface area contributed by atoms with Crippen LogP contribution in [0.5, 0.6) is 5.75 Å². The van der Waals surface area contributed by atoms with Crippen LogP contribution >= 0.6 is 0 Å². The molecule has 4 aromatic rings. The van der Waals surface area contributed by atoms with E-state index in [0.29, 0.717) is 22.5 Å². The summed E-state index contributed by atoms with van der Waals surface area (Å²) in [7, 11) is 0. The highest BCUT2D eigenvalue weighted by molar-refractivity contribution is 5.88. The van der Waals surface area contributed by atoms with Gasteiger partial charge in [0, 0.05) is 23.4 Å². The van der Waals surface area contributed by atoms with E-state index in [1.54, 1.807) is 24.3 Å². The molecule has 0 atom stereocenters. The Labute approximate surface area is 179 Å². The smallest absolute Gasteiger partial charge is 0.282 e. The second-order valence-electron chi connectivity index (χ2n) is 7.86. The van der Waals surface area contributed by atoms with Gasteiger partial charge in [0.2, 0.25) is 0 Å². The largest absolute Gasteiger partial charge is 0.508 e. The summed E-state index contributed by atoms with van der Waals surface area (Å²) in [6.07, 6.45) is 6.55. The Balaban J connectivity index is 1.84. The molecule has 2 heterocycles. The minimum Gasteiger partial charge on any atom is -0.508 e. The molecule has 5 rings (SSSR count). The van der Waals surface area contributed by atoms with E-state index in [2.05, 4.69) is 11.1 Å². The summed E-state index contributed by atoms with van der Waals surface area (Å²) in [4.78, 5) is 17.0. The second-order valence-corrected chi connectivity index (χ2v) is 7.86. The van der Waals surface area contributed by atoms with Crippen LogP contribution in [0.25, 0.3) is 33.6 Å². The Morgan fingerprint density at radius 3 is 2.45 bits per heavy atom. The number of H-pyrrole nitrogens is 1. The van der Waals surface area contributed by atoms with Gasteiger partial charge >= 0.3 is 0 Å². The van der Waals surface area contributed by atoms with Gasteiger partial charge in [-0.05, 0) is 49.0 Å². The summed E-state index contributed by atoms with van der Waals surface area (Å²) in [6, 6.07) is 16.5. The molecule has 2 aromatic carbocycles. The first-order valence-electron chi connectivity index (χ1n) is 10.6. The summed E-state index contributed by atoms with van der Waals surface area (Å²) in [6.45, 7) is 0.187. The molecular formula is C25H24N4O2. The quantitative estimate of drug-likeness (QED) is 0.460. The van der Waals surface area contributed by atoms with E-state index < -0.39 is 0 Å².